The number of hydrogen-bond acceptors (Lipinski definition) is 5. The third-order valence-corrected chi connectivity index (χ3v) is 4.42. The average molecular weight is 375 g/mol. The Morgan fingerprint density at radius 1 is 1.19 bits per heavy atom. The molecule has 0 aliphatic carbocycles. The first-order valence-corrected chi connectivity index (χ1v) is 8.68. The van der Waals surface area contributed by atoms with E-state index in [4.69, 9.17) is 4.42 Å². The van der Waals surface area contributed by atoms with Crippen LogP contribution in [0.25, 0.3) is 0 Å². The minimum atomic E-state index is -0.835. The second-order valence-corrected chi connectivity index (χ2v) is 6.79. The molecule has 3 rings (SSSR count). The first-order valence-electron chi connectivity index (χ1n) is 7.80. The Hall–Kier alpha value is -2.74. The molecule has 134 valence electrons. The van der Waals surface area contributed by atoms with Crippen LogP contribution in [-0.4, -0.2) is 21.4 Å². The summed E-state index contributed by atoms with van der Waals surface area (Å²) in [5.74, 6) is -1.56. The number of rotatable bonds is 6. The molecule has 26 heavy (non-hydrogen) atoms. The van der Waals surface area contributed by atoms with Crippen molar-refractivity contribution in [2.24, 2.45) is 0 Å². The smallest absolute Gasteiger partial charge is 0.277 e. The molecule has 1 aromatic heterocycles. The Balaban J connectivity index is 1.59. The molecule has 0 fully saturated rings. The van der Waals surface area contributed by atoms with E-state index in [1.807, 2.05) is 30.3 Å². The molecule has 0 saturated heterocycles. The second kappa shape index (κ2) is 8.09. The number of thioether (sulfide) groups is 1. The van der Waals surface area contributed by atoms with Crippen LogP contribution in [0.5, 0.6) is 0 Å². The van der Waals surface area contributed by atoms with E-state index in [0.717, 1.165) is 23.4 Å². The lowest BCUT2D eigenvalue weighted by molar-refractivity contribution is -0.115. The summed E-state index contributed by atoms with van der Waals surface area (Å²) in [6.07, 6.45) is 0.496. The molecule has 8 heteroatoms. The molecule has 1 atom stereocenters. The van der Waals surface area contributed by atoms with Crippen LogP contribution in [-0.2, 0) is 11.2 Å². The summed E-state index contributed by atoms with van der Waals surface area (Å²) >= 11 is 1.06. The highest BCUT2D eigenvalue weighted by molar-refractivity contribution is 8.00. The fourth-order valence-corrected chi connectivity index (χ4v) is 2.86. The summed E-state index contributed by atoms with van der Waals surface area (Å²) in [6, 6.07) is 12.6. The Kier molecular flexibility index (Phi) is 5.62. The number of amides is 1. The van der Waals surface area contributed by atoms with Gasteiger partial charge >= 0.3 is 0 Å². The van der Waals surface area contributed by atoms with Crippen molar-refractivity contribution >= 4 is 23.4 Å². The number of carbonyl (C=O) groups excluding carboxylic acids is 1. The second-order valence-electron chi connectivity index (χ2n) is 5.50. The summed E-state index contributed by atoms with van der Waals surface area (Å²) in [6.45, 7) is 1.63. The molecule has 1 amide bonds. The van der Waals surface area contributed by atoms with E-state index >= 15 is 0 Å². The molecule has 5 nitrogen and oxygen atoms in total. The molecular formula is C18H15F2N3O2S. The van der Waals surface area contributed by atoms with E-state index in [1.54, 1.807) is 6.92 Å². The van der Waals surface area contributed by atoms with Gasteiger partial charge in [-0.05, 0) is 24.6 Å². The largest absolute Gasteiger partial charge is 0.416 e. The lowest BCUT2D eigenvalue weighted by Crippen LogP contribution is -2.23. The summed E-state index contributed by atoms with van der Waals surface area (Å²) in [4.78, 5) is 12.2. The van der Waals surface area contributed by atoms with Crippen LogP contribution in [0.1, 0.15) is 18.4 Å². The van der Waals surface area contributed by atoms with Gasteiger partial charge in [0.25, 0.3) is 5.22 Å². The van der Waals surface area contributed by atoms with E-state index in [-0.39, 0.29) is 10.9 Å². The molecule has 3 aromatic rings. The zero-order valence-electron chi connectivity index (χ0n) is 13.8. The molecule has 1 N–H and O–H groups in total. The van der Waals surface area contributed by atoms with E-state index in [2.05, 4.69) is 15.5 Å². The van der Waals surface area contributed by atoms with Crippen molar-refractivity contribution in [2.75, 3.05) is 5.32 Å². The Morgan fingerprint density at radius 2 is 1.96 bits per heavy atom. The zero-order valence-corrected chi connectivity index (χ0v) is 14.6. The predicted molar refractivity (Wildman–Crippen MR) is 93.9 cm³/mol. The normalized spacial score (nSPS) is 12.0. The van der Waals surface area contributed by atoms with E-state index in [1.165, 1.54) is 6.07 Å². The van der Waals surface area contributed by atoms with Gasteiger partial charge in [-0.3, -0.25) is 4.79 Å². The third-order valence-electron chi connectivity index (χ3n) is 3.48. The molecule has 0 spiro atoms. The molecule has 2 aromatic carbocycles. The van der Waals surface area contributed by atoms with Crippen molar-refractivity contribution < 1.29 is 18.0 Å². The maximum Gasteiger partial charge on any atom is 0.277 e. The maximum absolute atomic E-state index is 13.6. The zero-order chi connectivity index (χ0) is 18.5. The monoisotopic (exact) mass is 375 g/mol. The SMILES string of the molecule is C[C@@H](Sc1nnc(Cc2ccccc2)o1)C(=O)Nc1ccc(F)cc1F. The molecule has 0 bridgehead atoms. The van der Waals surface area contributed by atoms with Crippen LogP contribution >= 0.6 is 11.8 Å². The number of carbonyl (C=O) groups is 1. The number of nitrogens with zero attached hydrogens (tertiary/aromatic N) is 2. The van der Waals surface area contributed by atoms with Gasteiger partial charge in [-0.25, -0.2) is 8.78 Å². The Labute approximate surface area is 152 Å². The van der Waals surface area contributed by atoms with Crippen molar-refractivity contribution in [3.63, 3.8) is 0 Å². The summed E-state index contributed by atoms with van der Waals surface area (Å²) in [5, 5.41) is 9.93. The number of halogens is 2. The first-order chi connectivity index (χ1) is 12.5. The molecule has 0 unspecified atom stereocenters. The highest BCUT2D eigenvalue weighted by atomic mass is 32.2. The molecule has 0 aliphatic heterocycles. The topological polar surface area (TPSA) is 68.0 Å². The van der Waals surface area contributed by atoms with Gasteiger partial charge in [0, 0.05) is 6.07 Å². The van der Waals surface area contributed by atoms with Gasteiger partial charge in [0.15, 0.2) is 0 Å². The van der Waals surface area contributed by atoms with E-state index in [0.29, 0.717) is 18.4 Å². The lowest BCUT2D eigenvalue weighted by atomic mass is 10.2. The summed E-state index contributed by atoms with van der Waals surface area (Å²) < 4.78 is 32.0. The van der Waals surface area contributed by atoms with Crippen molar-refractivity contribution in [2.45, 2.75) is 23.8 Å². The molecule has 0 aliphatic rings. The lowest BCUT2D eigenvalue weighted by Gasteiger charge is -2.10. The number of nitrogens with one attached hydrogen (secondary N) is 1. The number of hydrogen-bond donors (Lipinski definition) is 1. The minimum Gasteiger partial charge on any atom is -0.416 e. The number of anilines is 1. The standard InChI is InChI=1S/C18H15F2N3O2S/c1-11(17(24)21-15-8-7-13(19)10-14(15)20)26-18-23-22-16(25-18)9-12-5-3-2-4-6-12/h2-8,10-11H,9H2,1H3,(H,21,24)/t11-/m1/s1. The van der Waals surface area contributed by atoms with Crippen LogP contribution < -0.4 is 5.32 Å². The van der Waals surface area contributed by atoms with Gasteiger partial charge in [0.05, 0.1) is 17.4 Å². The Morgan fingerprint density at radius 3 is 2.69 bits per heavy atom. The molecule has 0 radical (unpaired) electrons. The van der Waals surface area contributed by atoms with Crippen LogP contribution in [0.2, 0.25) is 0 Å². The summed E-state index contributed by atoms with van der Waals surface area (Å²) in [7, 11) is 0. The number of benzene rings is 2. The molecular weight excluding hydrogens is 360 g/mol. The molecule has 0 saturated carbocycles. The minimum absolute atomic E-state index is 0.0841. The van der Waals surface area contributed by atoms with Crippen LogP contribution in [0, 0.1) is 11.6 Å². The van der Waals surface area contributed by atoms with Crippen molar-refractivity contribution in [1.82, 2.24) is 10.2 Å². The molecule has 1 heterocycles. The highest BCUT2D eigenvalue weighted by Crippen LogP contribution is 2.24. The fourth-order valence-electron chi connectivity index (χ4n) is 2.16. The first kappa shape index (κ1) is 18.1. The van der Waals surface area contributed by atoms with Gasteiger partial charge < -0.3 is 9.73 Å². The number of aromatic nitrogens is 2. The Bertz CT molecular complexity index is 902. The van der Waals surface area contributed by atoms with Gasteiger partial charge in [0.1, 0.15) is 11.6 Å². The van der Waals surface area contributed by atoms with Crippen molar-refractivity contribution in [3.8, 4) is 0 Å². The van der Waals surface area contributed by atoms with Crippen LogP contribution in [0.4, 0.5) is 14.5 Å². The quantitative estimate of drug-likeness (QED) is 0.658. The van der Waals surface area contributed by atoms with Crippen molar-refractivity contribution in [1.29, 1.82) is 0 Å². The predicted octanol–water partition coefficient (Wildman–Crippen LogP) is 4.06. The van der Waals surface area contributed by atoms with E-state index in [9.17, 15) is 13.6 Å². The van der Waals surface area contributed by atoms with Gasteiger partial charge in [-0.1, -0.05) is 42.1 Å². The third kappa shape index (κ3) is 4.66. The van der Waals surface area contributed by atoms with Gasteiger partial charge in [-0.15, -0.1) is 10.2 Å². The van der Waals surface area contributed by atoms with Crippen molar-refractivity contribution in [3.05, 3.63) is 71.6 Å². The fraction of sp³-hybridized carbons (Fsp3) is 0.167. The summed E-state index contributed by atoms with van der Waals surface area (Å²) in [5.41, 5.74) is 0.949. The van der Waals surface area contributed by atoms with Crippen LogP contribution in [0.3, 0.4) is 0 Å². The van der Waals surface area contributed by atoms with Crippen LogP contribution in [0.15, 0.2) is 58.2 Å². The average Bonchev–Trinajstić information content (AvgIpc) is 3.05. The maximum atomic E-state index is 13.6. The highest BCUT2D eigenvalue weighted by Gasteiger charge is 2.19. The van der Waals surface area contributed by atoms with Gasteiger partial charge in [0.2, 0.25) is 11.8 Å². The van der Waals surface area contributed by atoms with E-state index < -0.39 is 22.8 Å². The van der Waals surface area contributed by atoms with Gasteiger partial charge in [-0.2, -0.15) is 0 Å².